The van der Waals surface area contributed by atoms with Gasteiger partial charge in [0.05, 0.1) is 6.20 Å². The number of nitrogens with zero attached hydrogens (tertiary/aromatic N) is 2. The van der Waals surface area contributed by atoms with E-state index in [0.717, 1.165) is 26.1 Å². The highest BCUT2D eigenvalue weighted by atomic mass is 15.3. The molecule has 0 fully saturated rings. The average molecular weight is 257 g/mol. The Morgan fingerprint density at radius 2 is 1.74 bits per heavy atom. The number of hydrogen-bond acceptors (Lipinski definition) is 2. The Hall–Kier alpha value is -1.61. The lowest BCUT2D eigenvalue weighted by Gasteiger charge is -2.06. The van der Waals surface area contributed by atoms with Crippen LogP contribution in [0.2, 0.25) is 0 Å². The molecule has 2 rings (SSSR count). The minimum atomic E-state index is 0.876. The highest BCUT2D eigenvalue weighted by Crippen LogP contribution is 2.08. The summed E-state index contributed by atoms with van der Waals surface area (Å²) in [5.41, 5.74) is 5.27. The highest BCUT2D eigenvalue weighted by molar-refractivity contribution is 5.22. The second-order valence-corrected chi connectivity index (χ2v) is 4.84. The number of aromatic nitrogens is 2. The quantitative estimate of drug-likeness (QED) is 0.862. The van der Waals surface area contributed by atoms with E-state index in [1.807, 2.05) is 10.9 Å². The molecule has 0 saturated carbocycles. The number of benzene rings is 1. The summed E-state index contributed by atoms with van der Waals surface area (Å²) in [5.74, 6) is 0. The third kappa shape index (κ3) is 3.44. The van der Waals surface area contributed by atoms with Gasteiger partial charge in [-0.05, 0) is 31.4 Å². The second-order valence-electron chi connectivity index (χ2n) is 4.84. The number of rotatable bonds is 6. The first-order chi connectivity index (χ1) is 9.24. The van der Waals surface area contributed by atoms with E-state index in [0.29, 0.717) is 0 Å². The summed E-state index contributed by atoms with van der Waals surface area (Å²) in [6, 6.07) is 8.82. The van der Waals surface area contributed by atoms with Crippen LogP contribution in [0.15, 0.2) is 30.5 Å². The maximum Gasteiger partial charge on any atom is 0.0537 e. The molecule has 0 atom stereocenters. The van der Waals surface area contributed by atoms with E-state index in [1.54, 1.807) is 0 Å². The molecule has 2 aromatic rings. The summed E-state index contributed by atoms with van der Waals surface area (Å²) in [5, 5.41) is 7.84. The van der Waals surface area contributed by atoms with E-state index in [-0.39, 0.29) is 0 Å². The second kappa shape index (κ2) is 6.53. The maximum absolute atomic E-state index is 4.36. The Morgan fingerprint density at radius 3 is 2.32 bits per heavy atom. The summed E-state index contributed by atoms with van der Waals surface area (Å²) in [7, 11) is 0. The van der Waals surface area contributed by atoms with Crippen LogP contribution in [-0.4, -0.2) is 9.78 Å². The Morgan fingerprint density at radius 1 is 1.05 bits per heavy atom. The van der Waals surface area contributed by atoms with Gasteiger partial charge in [0.1, 0.15) is 0 Å². The molecule has 3 heteroatoms. The van der Waals surface area contributed by atoms with Gasteiger partial charge in [-0.3, -0.25) is 4.68 Å². The Labute approximate surface area is 115 Å². The first-order valence-corrected chi connectivity index (χ1v) is 7.04. The molecule has 0 saturated heterocycles. The first kappa shape index (κ1) is 13.8. The van der Waals surface area contributed by atoms with Crippen molar-refractivity contribution in [2.45, 2.75) is 46.8 Å². The molecule has 1 heterocycles. The monoisotopic (exact) mass is 257 g/mol. The molecule has 0 aliphatic rings. The van der Waals surface area contributed by atoms with Crippen molar-refractivity contribution in [1.29, 1.82) is 0 Å². The van der Waals surface area contributed by atoms with E-state index in [2.05, 4.69) is 55.5 Å². The van der Waals surface area contributed by atoms with Crippen LogP contribution in [0.5, 0.6) is 0 Å². The van der Waals surface area contributed by atoms with Gasteiger partial charge < -0.3 is 5.32 Å². The SMILES string of the molecule is CCc1ccc(CNCc2cnn(CC)c2C)cc1. The zero-order valence-corrected chi connectivity index (χ0v) is 12.1. The van der Waals surface area contributed by atoms with E-state index in [4.69, 9.17) is 0 Å². The normalized spacial score (nSPS) is 10.9. The Bertz CT molecular complexity index is 511. The van der Waals surface area contributed by atoms with E-state index >= 15 is 0 Å². The molecule has 0 aliphatic heterocycles. The summed E-state index contributed by atoms with van der Waals surface area (Å²) in [6.45, 7) is 9.14. The first-order valence-electron chi connectivity index (χ1n) is 7.04. The van der Waals surface area contributed by atoms with Crippen molar-refractivity contribution in [2.75, 3.05) is 0 Å². The lowest BCUT2D eigenvalue weighted by Crippen LogP contribution is -2.13. The fourth-order valence-corrected chi connectivity index (χ4v) is 2.21. The molecule has 0 unspecified atom stereocenters. The fraction of sp³-hybridized carbons (Fsp3) is 0.438. The van der Waals surface area contributed by atoms with Gasteiger partial charge in [0.15, 0.2) is 0 Å². The number of aryl methyl sites for hydroxylation is 2. The average Bonchev–Trinajstić information content (AvgIpc) is 2.80. The van der Waals surface area contributed by atoms with Gasteiger partial charge in [-0.2, -0.15) is 5.10 Å². The molecule has 0 amide bonds. The van der Waals surface area contributed by atoms with Gasteiger partial charge in [0, 0.05) is 30.9 Å². The predicted octanol–water partition coefficient (Wildman–Crippen LogP) is 3.06. The summed E-state index contributed by atoms with van der Waals surface area (Å²) < 4.78 is 2.03. The van der Waals surface area contributed by atoms with Crippen LogP contribution in [0.25, 0.3) is 0 Å². The zero-order chi connectivity index (χ0) is 13.7. The summed E-state index contributed by atoms with van der Waals surface area (Å²) in [6.07, 6.45) is 3.06. The van der Waals surface area contributed by atoms with Crippen molar-refractivity contribution < 1.29 is 0 Å². The van der Waals surface area contributed by atoms with Crippen molar-refractivity contribution in [1.82, 2.24) is 15.1 Å². The van der Waals surface area contributed by atoms with Crippen LogP contribution in [0.3, 0.4) is 0 Å². The Balaban J connectivity index is 1.87. The topological polar surface area (TPSA) is 29.9 Å². The minimum Gasteiger partial charge on any atom is -0.308 e. The largest absolute Gasteiger partial charge is 0.308 e. The van der Waals surface area contributed by atoms with Crippen molar-refractivity contribution in [2.24, 2.45) is 0 Å². The number of hydrogen-bond donors (Lipinski definition) is 1. The lowest BCUT2D eigenvalue weighted by molar-refractivity contribution is 0.633. The molecule has 0 spiro atoms. The van der Waals surface area contributed by atoms with Crippen molar-refractivity contribution in [3.63, 3.8) is 0 Å². The van der Waals surface area contributed by atoms with Crippen LogP contribution in [-0.2, 0) is 26.1 Å². The smallest absolute Gasteiger partial charge is 0.0537 e. The Kier molecular flexibility index (Phi) is 4.74. The molecule has 102 valence electrons. The summed E-state index contributed by atoms with van der Waals surface area (Å²) >= 11 is 0. The lowest BCUT2D eigenvalue weighted by atomic mass is 10.1. The van der Waals surface area contributed by atoms with Crippen LogP contribution < -0.4 is 5.32 Å². The van der Waals surface area contributed by atoms with Crippen LogP contribution in [0, 0.1) is 6.92 Å². The van der Waals surface area contributed by atoms with Gasteiger partial charge in [-0.15, -0.1) is 0 Å². The van der Waals surface area contributed by atoms with E-state index in [1.165, 1.54) is 22.4 Å². The molecule has 0 aliphatic carbocycles. The minimum absolute atomic E-state index is 0.876. The van der Waals surface area contributed by atoms with Crippen LogP contribution in [0.1, 0.15) is 36.2 Å². The zero-order valence-electron chi connectivity index (χ0n) is 12.1. The molecule has 0 radical (unpaired) electrons. The van der Waals surface area contributed by atoms with E-state index in [9.17, 15) is 0 Å². The number of nitrogens with one attached hydrogen (secondary N) is 1. The van der Waals surface area contributed by atoms with Gasteiger partial charge in [-0.1, -0.05) is 31.2 Å². The molecule has 0 bridgehead atoms. The molecular formula is C16H23N3. The molecule has 1 aromatic carbocycles. The van der Waals surface area contributed by atoms with Crippen molar-refractivity contribution in [3.05, 3.63) is 52.8 Å². The summed E-state index contributed by atoms with van der Waals surface area (Å²) in [4.78, 5) is 0. The van der Waals surface area contributed by atoms with Gasteiger partial charge in [0.2, 0.25) is 0 Å². The molecule has 1 aromatic heterocycles. The standard InChI is InChI=1S/C16H23N3/c1-4-14-6-8-15(9-7-14)10-17-11-16-12-18-19(5-2)13(16)3/h6-9,12,17H,4-5,10-11H2,1-3H3. The van der Waals surface area contributed by atoms with Gasteiger partial charge in [-0.25, -0.2) is 0 Å². The maximum atomic E-state index is 4.36. The van der Waals surface area contributed by atoms with Crippen LogP contribution >= 0.6 is 0 Å². The van der Waals surface area contributed by atoms with E-state index < -0.39 is 0 Å². The molecular weight excluding hydrogens is 234 g/mol. The van der Waals surface area contributed by atoms with Gasteiger partial charge >= 0.3 is 0 Å². The molecule has 3 nitrogen and oxygen atoms in total. The fourth-order valence-electron chi connectivity index (χ4n) is 2.21. The third-order valence-electron chi connectivity index (χ3n) is 3.58. The highest BCUT2D eigenvalue weighted by Gasteiger charge is 2.04. The van der Waals surface area contributed by atoms with Gasteiger partial charge in [0.25, 0.3) is 0 Å². The van der Waals surface area contributed by atoms with Crippen molar-refractivity contribution in [3.8, 4) is 0 Å². The molecule has 1 N–H and O–H groups in total. The van der Waals surface area contributed by atoms with Crippen LogP contribution in [0.4, 0.5) is 0 Å². The third-order valence-corrected chi connectivity index (χ3v) is 3.58. The van der Waals surface area contributed by atoms with Crippen molar-refractivity contribution >= 4 is 0 Å². The predicted molar refractivity (Wildman–Crippen MR) is 79.0 cm³/mol. The molecule has 19 heavy (non-hydrogen) atoms.